The number of thiophene rings is 1. The van der Waals surface area contributed by atoms with Crippen molar-refractivity contribution in [2.24, 2.45) is 0 Å². The fourth-order valence-corrected chi connectivity index (χ4v) is 4.23. The lowest BCUT2D eigenvalue weighted by molar-refractivity contribution is 0.0970. The predicted molar refractivity (Wildman–Crippen MR) is 107 cm³/mol. The Morgan fingerprint density at radius 2 is 1.96 bits per heavy atom. The quantitative estimate of drug-likeness (QED) is 0.516. The van der Waals surface area contributed by atoms with Gasteiger partial charge in [0.15, 0.2) is 5.78 Å². The van der Waals surface area contributed by atoms with E-state index in [2.05, 4.69) is 21.0 Å². The number of aliphatic hydroxyl groups is 1. The van der Waals surface area contributed by atoms with Crippen LogP contribution in [0.1, 0.15) is 32.4 Å². The number of benzene rings is 1. The third kappa shape index (κ3) is 3.22. The van der Waals surface area contributed by atoms with Gasteiger partial charge in [0.1, 0.15) is 12.4 Å². The molecule has 0 unspecified atom stereocenters. The Morgan fingerprint density at radius 1 is 1.15 bits per heavy atom. The number of aliphatic hydroxyl groups excluding tert-OH is 1. The lowest BCUT2D eigenvalue weighted by atomic mass is 10.1. The molecule has 0 spiro atoms. The maximum atomic E-state index is 13.1. The van der Waals surface area contributed by atoms with Gasteiger partial charge in [0, 0.05) is 21.8 Å². The Bertz CT molecular complexity index is 1110. The second-order valence-electron chi connectivity index (χ2n) is 6.63. The van der Waals surface area contributed by atoms with Crippen molar-refractivity contribution in [2.75, 3.05) is 0 Å². The summed E-state index contributed by atoms with van der Waals surface area (Å²) in [5.74, 6) is 0.537. The van der Waals surface area contributed by atoms with Gasteiger partial charge in [0.05, 0.1) is 24.1 Å². The molecular formula is C21H21N3O2S. The van der Waals surface area contributed by atoms with Crippen LogP contribution in [-0.4, -0.2) is 25.0 Å². The summed E-state index contributed by atoms with van der Waals surface area (Å²) in [6.45, 7) is 4.77. The zero-order valence-electron chi connectivity index (χ0n) is 15.3. The first-order valence-electron chi connectivity index (χ1n) is 8.85. The summed E-state index contributed by atoms with van der Waals surface area (Å²) < 4.78 is 3.99. The molecule has 4 aromatic rings. The van der Waals surface area contributed by atoms with E-state index >= 15 is 0 Å². The number of ketones is 1. The van der Waals surface area contributed by atoms with Crippen molar-refractivity contribution in [1.82, 2.24) is 14.1 Å². The highest BCUT2D eigenvalue weighted by Crippen LogP contribution is 2.22. The second kappa shape index (κ2) is 7.13. The lowest BCUT2D eigenvalue weighted by Gasteiger charge is -2.09. The average molecular weight is 379 g/mol. The van der Waals surface area contributed by atoms with Gasteiger partial charge in [0.25, 0.3) is 0 Å². The van der Waals surface area contributed by atoms with Crippen molar-refractivity contribution in [3.8, 4) is 0 Å². The highest BCUT2D eigenvalue weighted by molar-refractivity contribution is 7.09. The van der Waals surface area contributed by atoms with Crippen molar-refractivity contribution < 1.29 is 9.90 Å². The van der Waals surface area contributed by atoms with E-state index in [0.29, 0.717) is 5.82 Å². The van der Waals surface area contributed by atoms with Gasteiger partial charge in [-0.1, -0.05) is 18.2 Å². The number of nitrogens with zero attached hydrogens (tertiary/aromatic N) is 3. The molecule has 4 rings (SSSR count). The van der Waals surface area contributed by atoms with Crippen LogP contribution in [0.2, 0.25) is 0 Å². The lowest BCUT2D eigenvalue weighted by Crippen LogP contribution is -2.14. The molecule has 0 saturated heterocycles. The van der Waals surface area contributed by atoms with E-state index in [1.54, 1.807) is 11.3 Å². The first-order chi connectivity index (χ1) is 13.1. The summed E-state index contributed by atoms with van der Waals surface area (Å²) >= 11 is 1.72. The monoisotopic (exact) mass is 379 g/mol. The molecule has 5 nitrogen and oxygen atoms in total. The Kier molecular flexibility index (Phi) is 4.68. The van der Waals surface area contributed by atoms with Crippen LogP contribution in [0.4, 0.5) is 0 Å². The molecular weight excluding hydrogens is 358 g/mol. The number of Topliss-reactive ketones (excluding diaryl/α,β-unsaturated/α-hetero) is 1. The van der Waals surface area contributed by atoms with Crippen LogP contribution < -0.4 is 0 Å². The van der Waals surface area contributed by atoms with E-state index in [0.717, 1.165) is 34.5 Å². The maximum absolute atomic E-state index is 13.1. The summed E-state index contributed by atoms with van der Waals surface area (Å²) in [6.07, 6.45) is 0. The summed E-state index contributed by atoms with van der Waals surface area (Å²) in [4.78, 5) is 18.8. The first kappa shape index (κ1) is 17.7. The van der Waals surface area contributed by atoms with Crippen LogP contribution in [0.5, 0.6) is 0 Å². The molecule has 0 amide bonds. The maximum Gasteiger partial charge on any atom is 0.184 e. The fourth-order valence-electron chi connectivity index (χ4n) is 3.54. The molecule has 0 atom stereocenters. The number of hydrogen-bond donors (Lipinski definition) is 1. The average Bonchev–Trinajstić information content (AvgIpc) is 3.37. The van der Waals surface area contributed by atoms with E-state index in [-0.39, 0.29) is 18.9 Å². The van der Waals surface area contributed by atoms with Crippen molar-refractivity contribution in [2.45, 2.75) is 33.5 Å². The largest absolute Gasteiger partial charge is 0.388 e. The Labute approximate surface area is 161 Å². The van der Waals surface area contributed by atoms with Crippen molar-refractivity contribution in [1.29, 1.82) is 0 Å². The summed E-state index contributed by atoms with van der Waals surface area (Å²) in [5.41, 5.74) is 4.42. The summed E-state index contributed by atoms with van der Waals surface area (Å²) in [7, 11) is 0. The van der Waals surface area contributed by atoms with E-state index in [4.69, 9.17) is 0 Å². The minimum absolute atomic E-state index is 0.0263. The zero-order valence-corrected chi connectivity index (χ0v) is 16.2. The highest BCUT2D eigenvalue weighted by atomic mass is 32.1. The number of carbonyl (C=O) groups excluding carboxylic acids is 1. The first-order valence-corrected chi connectivity index (χ1v) is 9.73. The standard InChI is InChI=1S/C21H21N3O2S/c1-14-10-17(15(2)23(14)11-16-6-5-9-27-16)20(26)12-24-19-8-4-3-7-18(19)22-21(24)13-25/h3-10,25H,11-13H2,1-2H3. The smallest absolute Gasteiger partial charge is 0.184 e. The van der Waals surface area contributed by atoms with Gasteiger partial charge in [-0.05, 0) is 43.5 Å². The molecule has 27 heavy (non-hydrogen) atoms. The molecule has 3 aromatic heterocycles. The van der Waals surface area contributed by atoms with Crippen LogP contribution >= 0.6 is 11.3 Å². The Balaban J connectivity index is 1.66. The Morgan fingerprint density at radius 3 is 2.70 bits per heavy atom. The number of imidazole rings is 1. The summed E-state index contributed by atoms with van der Waals surface area (Å²) in [5, 5.41) is 11.7. The van der Waals surface area contributed by atoms with Gasteiger partial charge in [-0.3, -0.25) is 4.79 Å². The highest BCUT2D eigenvalue weighted by Gasteiger charge is 2.19. The molecule has 0 radical (unpaired) electrons. The molecule has 0 aliphatic rings. The third-order valence-electron chi connectivity index (χ3n) is 4.94. The second-order valence-corrected chi connectivity index (χ2v) is 7.67. The van der Waals surface area contributed by atoms with Gasteiger partial charge in [-0.15, -0.1) is 11.3 Å². The molecule has 0 bridgehead atoms. The van der Waals surface area contributed by atoms with Crippen LogP contribution in [0.3, 0.4) is 0 Å². The van der Waals surface area contributed by atoms with Crippen molar-refractivity contribution in [3.05, 3.63) is 75.5 Å². The van der Waals surface area contributed by atoms with Gasteiger partial charge >= 0.3 is 0 Å². The minimum atomic E-state index is -0.195. The predicted octanol–water partition coefficient (Wildman–Crippen LogP) is 3.94. The molecule has 138 valence electrons. The molecule has 0 aliphatic heterocycles. The number of aromatic nitrogens is 3. The summed E-state index contributed by atoms with van der Waals surface area (Å²) in [6, 6.07) is 13.7. The van der Waals surface area contributed by atoms with Crippen LogP contribution in [0.25, 0.3) is 11.0 Å². The normalized spacial score (nSPS) is 11.4. The third-order valence-corrected chi connectivity index (χ3v) is 5.81. The molecule has 0 fully saturated rings. The van der Waals surface area contributed by atoms with E-state index in [9.17, 15) is 9.90 Å². The molecule has 0 aliphatic carbocycles. The zero-order chi connectivity index (χ0) is 19.0. The van der Waals surface area contributed by atoms with E-state index < -0.39 is 0 Å². The SMILES string of the molecule is Cc1cc(C(=O)Cn2c(CO)nc3ccccc32)c(C)n1Cc1cccs1. The topological polar surface area (TPSA) is 60.1 Å². The van der Waals surface area contributed by atoms with Gasteiger partial charge < -0.3 is 14.2 Å². The van der Waals surface area contributed by atoms with E-state index in [1.807, 2.05) is 54.8 Å². The van der Waals surface area contributed by atoms with Crippen LogP contribution in [0, 0.1) is 13.8 Å². The molecule has 1 aromatic carbocycles. The fraction of sp³-hybridized carbons (Fsp3) is 0.238. The molecule has 1 N–H and O–H groups in total. The number of hydrogen-bond acceptors (Lipinski definition) is 4. The van der Waals surface area contributed by atoms with Crippen molar-refractivity contribution >= 4 is 28.2 Å². The number of carbonyl (C=O) groups is 1. The van der Waals surface area contributed by atoms with Crippen LogP contribution in [-0.2, 0) is 19.7 Å². The van der Waals surface area contributed by atoms with Gasteiger partial charge in [0.2, 0.25) is 0 Å². The number of para-hydroxylation sites is 2. The van der Waals surface area contributed by atoms with Gasteiger partial charge in [-0.25, -0.2) is 4.98 Å². The number of fused-ring (bicyclic) bond motifs is 1. The van der Waals surface area contributed by atoms with Crippen LogP contribution in [0.15, 0.2) is 47.8 Å². The van der Waals surface area contributed by atoms with Gasteiger partial charge in [-0.2, -0.15) is 0 Å². The molecule has 6 heteroatoms. The number of aryl methyl sites for hydroxylation is 1. The van der Waals surface area contributed by atoms with E-state index in [1.165, 1.54) is 4.88 Å². The Hall–Kier alpha value is -2.70. The molecule has 0 saturated carbocycles. The van der Waals surface area contributed by atoms with Crippen molar-refractivity contribution in [3.63, 3.8) is 0 Å². The minimum Gasteiger partial charge on any atom is -0.388 e. The number of rotatable bonds is 6. The molecule has 3 heterocycles.